The Morgan fingerprint density at radius 1 is 1.50 bits per heavy atom. The Labute approximate surface area is 105 Å². The first kappa shape index (κ1) is 14.2. The third-order valence-corrected chi connectivity index (χ3v) is 2.50. The fourth-order valence-corrected chi connectivity index (χ4v) is 1.57. The van der Waals surface area contributed by atoms with Gasteiger partial charge in [-0.15, -0.1) is 0 Å². The van der Waals surface area contributed by atoms with E-state index >= 15 is 0 Å². The Kier molecular flexibility index (Phi) is 5.38. The normalized spacial score (nSPS) is 10.3. The number of carboxylic acids is 1. The van der Waals surface area contributed by atoms with Crippen molar-refractivity contribution in [2.75, 3.05) is 31.3 Å². The molecule has 0 saturated carbocycles. The Morgan fingerprint density at radius 3 is 2.83 bits per heavy atom. The highest BCUT2D eigenvalue weighted by Crippen LogP contribution is 2.25. The number of carboxylic acid groups (broad SMARTS) is 1. The molecule has 1 aromatic rings. The third-order valence-electron chi connectivity index (χ3n) is 2.50. The Morgan fingerprint density at radius 2 is 2.22 bits per heavy atom. The van der Waals surface area contributed by atoms with E-state index in [1.54, 1.807) is 7.11 Å². The summed E-state index contributed by atoms with van der Waals surface area (Å²) in [5.74, 6) is -1.97. The number of halogens is 1. The molecular weight excluding hydrogens is 239 g/mol. The van der Waals surface area contributed by atoms with Crippen LogP contribution in [-0.2, 0) is 4.74 Å². The van der Waals surface area contributed by atoms with Crippen LogP contribution in [0.4, 0.5) is 15.8 Å². The number of ether oxygens (including phenoxy) is 1. The highest BCUT2D eigenvalue weighted by Gasteiger charge is 2.16. The van der Waals surface area contributed by atoms with Crippen molar-refractivity contribution in [2.45, 2.75) is 12.8 Å². The minimum Gasteiger partial charge on any atom is -0.478 e. The Bertz CT molecular complexity index is 424. The van der Waals surface area contributed by atoms with E-state index in [2.05, 4.69) is 5.32 Å². The number of benzene rings is 1. The van der Waals surface area contributed by atoms with Gasteiger partial charge in [-0.1, -0.05) is 0 Å². The molecule has 100 valence electrons. The van der Waals surface area contributed by atoms with Crippen molar-refractivity contribution >= 4 is 17.3 Å². The monoisotopic (exact) mass is 256 g/mol. The highest BCUT2D eigenvalue weighted by atomic mass is 19.1. The molecule has 0 spiro atoms. The van der Waals surface area contributed by atoms with Crippen LogP contribution in [0.25, 0.3) is 0 Å². The molecule has 0 heterocycles. The minimum absolute atomic E-state index is 0.221. The van der Waals surface area contributed by atoms with Gasteiger partial charge < -0.3 is 20.9 Å². The van der Waals surface area contributed by atoms with Crippen molar-refractivity contribution in [1.82, 2.24) is 0 Å². The van der Waals surface area contributed by atoms with Gasteiger partial charge in [0.15, 0.2) is 0 Å². The maximum atomic E-state index is 13.2. The van der Waals surface area contributed by atoms with E-state index in [1.165, 1.54) is 6.07 Å². The molecule has 0 aliphatic rings. The van der Waals surface area contributed by atoms with Crippen molar-refractivity contribution in [3.05, 3.63) is 23.5 Å². The zero-order valence-electron chi connectivity index (χ0n) is 10.2. The number of rotatable bonds is 7. The number of anilines is 2. The van der Waals surface area contributed by atoms with Gasteiger partial charge in [-0.3, -0.25) is 0 Å². The van der Waals surface area contributed by atoms with Crippen LogP contribution in [0.15, 0.2) is 12.1 Å². The predicted molar refractivity (Wildman–Crippen MR) is 67.4 cm³/mol. The molecule has 0 aromatic heterocycles. The van der Waals surface area contributed by atoms with Gasteiger partial charge in [0.25, 0.3) is 0 Å². The second kappa shape index (κ2) is 6.80. The predicted octanol–water partition coefficient (Wildman–Crippen LogP) is 1.94. The van der Waals surface area contributed by atoms with E-state index < -0.39 is 11.8 Å². The molecule has 0 amide bonds. The first-order chi connectivity index (χ1) is 8.57. The number of nitrogen functional groups attached to an aromatic ring is 1. The van der Waals surface area contributed by atoms with Crippen LogP contribution in [-0.4, -0.2) is 31.3 Å². The maximum Gasteiger partial charge on any atom is 0.340 e. The van der Waals surface area contributed by atoms with Crippen molar-refractivity contribution in [3.63, 3.8) is 0 Å². The van der Waals surface area contributed by atoms with Gasteiger partial charge in [0.05, 0.1) is 11.4 Å². The van der Waals surface area contributed by atoms with E-state index in [0.29, 0.717) is 18.8 Å². The molecule has 0 radical (unpaired) electrons. The second-order valence-corrected chi connectivity index (χ2v) is 3.82. The fourth-order valence-electron chi connectivity index (χ4n) is 1.57. The van der Waals surface area contributed by atoms with Gasteiger partial charge in [0.1, 0.15) is 11.4 Å². The van der Waals surface area contributed by atoms with E-state index in [9.17, 15) is 9.18 Å². The lowest BCUT2D eigenvalue weighted by Crippen LogP contribution is -2.11. The standard InChI is InChI=1S/C12H17FN2O3/c1-18-7-3-2-6-15-9-5-4-8(13)11(14)10(9)12(16)17/h4-5,15H,2-3,6-7,14H2,1H3,(H,16,17). The van der Waals surface area contributed by atoms with Crippen LogP contribution >= 0.6 is 0 Å². The van der Waals surface area contributed by atoms with Gasteiger partial charge in [-0.2, -0.15) is 0 Å². The summed E-state index contributed by atoms with van der Waals surface area (Å²) in [5.41, 5.74) is 5.19. The summed E-state index contributed by atoms with van der Waals surface area (Å²) in [5, 5.41) is 11.9. The number of hydrogen-bond donors (Lipinski definition) is 3. The lowest BCUT2D eigenvalue weighted by Gasteiger charge is -2.11. The van der Waals surface area contributed by atoms with Crippen LogP contribution in [0.2, 0.25) is 0 Å². The molecule has 6 heteroatoms. The highest BCUT2D eigenvalue weighted by molar-refractivity contribution is 6.00. The summed E-state index contributed by atoms with van der Waals surface area (Å²) in [4.78, 5) is 11.0. The Hall–Kier alpha value is -1.82. The van der Waals surface area contributed by atoms with E-state index in [0.717, 1.165) is 18.9 Å². The molecule has 5 nitrogen and oxygen atoms in total. The fraction of sp³-hybridized carbons (Fsp3) is 0.417. The average Bonchev–Trinajstić information content (AvgIpc) is 2.33. The lowest BCUT2D eigenvalue weighted by atomic mass is 10.1. The molecule has 1 aromatic carbocycles. The van der Waals surface area contributed by atoms with Gasteiger partial charge in [0, 0.05) is 20.3 Å². The van der Waals surface area contributed by atoms with E-state index in [4.69, 9.17) is 15.6 Å². The molecule has 0 atom stereocenters. The molecule has 0 aliphatic carbocycles. The molecular formula is C12H17FN2O3. The Balaban J connectivity index is 2.70. The average molecular weight is 256 g/mol. The number of nitrogens with two attached hydrogens (primary N) is 1. The van der Waals surface area contributed by atoms with Crippen LogP contribution in [0.1, 0.15) is 23.2 Å². The summed E-state index contributed by atoms with van der Waals surface area (Å²) in [6.07, 6.45) is 1.69. The van der Waals surface area contributed by atoms with Gasteiger partial charge in [-0.25, -0.2) is 9.18 Å². The van der Waals surface area contributed by atoms with Crippen LogP contribution < -0.4 is 11.1 Å². The summed E-state index contributed by atoms with van der Waals surface area (Å²) in [6.45, 7) is 1.23. The summed E-state index contributed by atoms with van der Waals surface area (Å²) < 4.78 is 18.1. The molecule has 0 saturated heterocycles. The van der Waals surface area contributed by atoms with E-state index in [-0.39, 0.29) is 11.3 Å². The van der Waals surface area contributed by atoms with E-state index in [1.807, 2.05) is 0 Å². The number of aromatic carboxylic acids is 1. The van der Waals surface area contributed by atoms with Crippen molar-refractivity contribution in [1.29, 1.82) is 0 Å². The number of carbonyl (C=O) groups is 1. The van der Waals surface area contributed by atoms with Crippen molar-refractivity contribution in [2.24, 2.45) is 0 Å². The van der Waals surface area contributed by atoms with Gasteiger partial charge in [-0.05, 0) is 25.0 Å². The number of hydrogen-bond acceptors (Lipinski definition) is 4. The van der Waals surface area contributed by atoms with Crippen LogP contribution in [0, 0.1) is 5.82 Å². The molecule has 1 rings (SSSR count). The molecule has 18 heavy (non-hydrogen) atoms. The topological polar surface area (TPSA) is 84.6 Å². The number of nitrogens with one attached hydrogen (secondary N) is 1. The molecule has 4 N–H and O–H groups in total. The second-order valence-electron chi connectivity index (χ2n) is 3.82. The third kappa shape index (κ3) is 3.59. The number of methoxy groups -OCH3 is 1. The zero-order chi connectivity index (χ0) is 13.5. The smallest absolute Gasteiger partial charge is 0.340 e. The first-order valence-electron chi connectivity index (χ1n) is 5.62. The minimum atomic E-state index is -1.24. The summed E-state index contributed by atoms with van der Waals surface area (Å²) in [7, 11) is 1.62. The summed E-state index contributed by atoms with van der Waals surface area (Å²) in [6, 6.07) is 2.53. The first-order valence-corrected chi connectivity index (χ1v) is 5.62. The quantitative estimate of drug-likeness (QED) is 0.513. The molecule has 0 aliphatic heterocycles. The number of unbranched alkanes of at least 4 members (excludes halogenated alkanes) is 1. The maximum absolute atomic E-state index is 13.2. The molecule has 0 fully saturated rings. The largest absolute Gasteiger partial charge is 0.478 e. The van der Waals surface area contributed by atoms with Gasteiger partial charge in [0.2, 0.25) is 0 Å². The van der Waals surface area contributed by atoms with Crippen LogP contribution in [0.3, 0.4) is 0 Å². The van der Waals surface area contributed by atoms with Gasteiger partial charge >= 0.3 is 5.97 Å². The SMILES string of the molecule is COCCCCNc1ccc(F)c(N)c1C(=O)O. The molecule has 0 unspecified atom stereocenters. The lowest BCUT2D eigenvalue weighted by molar-refractivity contribution is 0.0698. The van der Waals surface area contributed by atoms with Crippen molar-refractivity contribution < 1.29 is 19.0 Å². The molecule has 0 bridgehead atoms. The van der Waals surface area contributed by atoms with Crippen molar-refractivity contribution in [3.8, 4) is 0 Å². The van der Waals surface area contributed by atoms with Crippen LogP contribution in [0.5, 0.6) is 0 Å². The zero-order valence-corrected chi connectivity index (χ0v) is 10.2. The summed E-state index contributed by atoms with van der Waals surface area (Å²) >= 11 is 0.